The minimum absolute atomic E-state index is 0.0543. The Hall–Kier alpha value is -1.73. The van der Waals surface area contributed by atoms with E-state index in [-0.39, 0.29) is 10.7 Å². The van der Waals surface area contributed by atoms with Gasteiger partial charge in [0, 0.05) is 19.3 Å². The van der Waals surface area contributed by atoms with Crippen molar-refractivity contribution in [3.05, 3.63) is 33.1 Å². The highest BCUT2D eigenvalue weighted by Crippen LogP contribution is 2.25. The van der Waals surface area contributed by atoms with Gasteiger partial charge in [-0.25, -0.2) is 4.98 Å². The van der Waals surface area contributed by atoms with E-state index in [0.717, 1.165) is 19.5 Å². The highest BCUT2D eigenvalue weighted by Gasteiger charge is 2.26. The molecule has 0 aromatic carbocycles. The summed E-state index contributed by atoms with van der Waals surface area (Å²) in [6.07, 6.45) is 2.30. The monoisotopic (exact) mass is 298 g/mol. The first-order valence-electron chi connectivity index (χ1n) is 6.24. The SMILES string of the molecule is CN1CCC(CNC(=O)c2ccnc(Cl)c2[N+](=O)[O-])C1. The molecule has 1 N–H and O–H groups in total. The first-order valence-corrected chi connectivity index (χ1v) is 6.62. The molecule has 1 aliphatic heterocycles. The summed E-state index contributed by atoms with van der Waals surface area (Å²) in [6, 6.07) is 1.31. The third kappa shape index (κ3) is 3.23. The normalized spacial score (nSPS) is 19.0. The Morgan fingerprint density at radius 2 is 2.45 bits per heavy atom. The summed E-state index contributed by atoms with van der Waals surface area (Å²) in [5.74, 6) is -0.115. The third-order valence-electron chi connectivity index (χ3n) is 3.35. The summed E-state index contributed by atoms with van der Waals surface area (Å²) in [7, 11) is 2.02. The molecule has 1 unspecified atom stereocenters. The van der Waals surface area contributed by atoms with E-state index in [4.69, 9.17) is 11.6 Å². The number of pyridine rings is 1. The van der Waals surface area contributed by atoms with Crippen molar-refractivity contribution < 1.29 is 9.72 Å². The molecule has 1 aromatic rings. The van der Waals surface area contributed by atoms with Crippen LogP contribution in [-0.2, 0) is 0 Å². The zero-order chi connectivity index (χ0) is 14.7. The zero-order valence-electron chi connectivity index (χ0n) is 11.0. The molecule has 20 heavy (non-hydrogen) atoms. The van der Waals surface area contributed by atoms with E-state index >= 15 is 0 Å². The second kappa shape index (κ2) is 6.15. The van der Waals surface area contributed by atoms with Crippen LogP contribution in [0.2, 0.25) is 5.15 Å². The van der Waals surface area contributed by atoms with Crippen LogP contribution in [0.3, 0.4) is 0 Å². The minimum Gasteiger partial charge on any atom is -0.351 e. The summed E-state index contributed by atoms with van der Waals surface area (Å²) >= 11 is 5.68. The van der Waals surface area contributed by atoms with Gasteiger partial charge in [0.05, 0.1) is 4.92 Å². The van der Waals surface area contributed by atoms with Crippen LogP contribution in [0.15, 0.2) is 12.3 Å². The largest absolute Gasteiger partial charge is 0.351 e. The number of hydrogen-bond donors (Lipinski definition) is 1. The molecule has 2 rings (SSSR count). The number of carbonyl (C=O) groups excluding carboxylic acids is 1. The number of nitrogens with zero attached hydrogens (tertiary/aromatic N) is 3. The second-order valence-electron chi connectivity index (χ2n) is 4.88. The van der Waals surface area contributed by atoms with Crippen molar-refractivity contribution in [3.63, 3.8) is 0 Å². The average molecular weight is 299 g/mol. The van der Waals surface area contributed by atoms with Gasteiger partial charge in [0.15, 0.2) is 0 Å². The van der Waals surface area contributed by atoms with Crippen molar-refractivity contribution in [1.82, 2.24) is 15.2 Å². The van der Waals surface area contributed by atoms with Gasteiger partial charge in [-0.05, 0) is 32.0 Å². The number of amides is 1. The van der Waals surface area contributed by atoms with E-state index in [1.165, 1.54) is 12.3 Å². The highest BCUT2D eigenvalue weighted by atomic mass is 35.5. The number of nitro groups is 1. The zero-order valence-corrected chi connectivity index (χ0v) is 11.8. The fraction of sp³-hybridized carbons (Fsp3) is 0.500. The van der Waals surface area contributed by atoms with E-state index in [1.54, 1.807) is 0 Å². The van der Waals surface area contributed by atoms with E-state index in [0.29, 0.717) is 12.5 Å². The predicted molar refractivity (Wildman–Crippen MR) is 73.8 cm³/mol. The highest BCUT2D eigenvalue weighted by molar-refractivity contribution is 6.32. The van der Waals surface area contributed by atoms with Crippen LogP contribution in [0.1, 0.15) is 16.8 Å². The summed E-state index contributed by atoms with van der Waals surface area (Å²) in [6.45, 7) is 2.42. The number of carbonyl (C=O) groups is 1. The Morgan fingerprint density at radius 1 is 1.70 bits per heavy atom. The summed E-state index contributed by atoms with van der Waals surface area (Å²) in [5, 5.41) is 13.4. The molecular weight excluding hydrogens is 284 g/mol. The van der Waals surface area contributed by atoms with Crippen molar-refractivity contribution in [1.29, 1.82) is 0 Å². The summed E-state index contributed by atoms with van der Waals surface area (Å²) < 4.78 is 0. The van der Waals surface area contributed by atoms with Crippen LogP contribution < -0.4 is 5.32 Å². The minimum atomic E-state index is -0.687. The topological polar surface area (TPSA) is 88.4 Å². The van der Waals surface area contributed by atoms with Gasteiger partial charge >= 0.3 is 5.69 Å². The maximum Gasteiger partial charge on any atom is 0.319 e. The molecule has 1 saturated heterocycles. The fourth-order valence-corrected chi connectivity index (χ4v) is 2.54. The van der Waals surface area contributed by atoms with Crippen molar-refractivity contribution >= 4 is 23.2 Å². The molecule has 0 radical (unpaired) electrons. The van der Waals surface area contributed by atoms with E-state index in [2.05, 4.69) is 15.2 Å². The Morgan fingerprint density at radius 3 is 3.05 bits per heavy atom. The van der Waals surface area contributed by atoms with Crippen LogP contribution in [0.25, 0.3) is 0 Å². The van der Waals surface area contributed by atoms with Gasteiger partial charge in [0.1, 0.15) is 5.56 Å². The third-order valence-corrected chi connectivity index (χ3v) is 3.62. The molecule has 108 valence electrons. The number of rotatable bonds is 4. The number of aromatic nitrogens is 1. The number of likely N-dealkylation sites (tertiary alicyclic amines) is 1. The molecule has 1 fully saturated rings. The molecule has 1 aromatic heterocycles. The van der Waals surface area contributed by atoms with Gasteiger partial charge in [-0.3, -0.25) is 14.9 Å². The van der Waals surface area contributed by atoms with Crippen molar-refractivity contribution in [2.45, 2.75) is 6.42 Å². The standard InChI is InChI=1S/C12H15ClN4O3/c1-16-5-3-8(7-16)6-15-12(18)9-2-4-14-11(13)10(9)17(19)20/h2,4,8H,3,5-7H2,1H3,(H,15,18). The van der Waals surface area contributed by atoms with Gasteiger partial charge < -0.3 is 10.2 Å². The van der Waals surface area contributed by atoms with Crippen molar-refractivity contribution in [2.24, 2.45) is 5.92 Å². The Balaban J connectivity index is 2.06. The second-order valence-corrected chi connectivity index (χ2v) is 5.24. The van der Waals surface area contributed by atoms with Crippen molar-refractivity contribution in [3.8, 4) is 0 Å². The maximum absolute atomic E-state index is 12.0. The quantitative estimate of drug-likeness (QED) is 0.514. The van der Waals surface area contributed by atoms with E-state index < -0.39 is 16.5 Å². The van der Waals surface area contributed by atoms with Gasteiger partial charge in [-0.15, -0.1) is 0 Å². The Bertz CT molecular complexity index is 537. The molecule has 0 saturated carbocycles. The van der Waals surface area contributed by atoms with Crippen LogP contribution >= 0.6 is 11.6 Å². The molecule has 1 atom stereocenters. The molecule has 7 nitrogen and oxygen atoms in total. The van der Waals surface area contributed by atoms with Crippen LogP contribution in [-0.4, -0.2) is 47.4 Å². The van der Waals surface area contributed by atoms with Gasteiger partial charge in [-0.1, -0.05) is 11.6 Å². The maximum atomic E-state index is 12.0. The molecule has 0 bridgehead atoms. The molecular formula is C12H15ClN4O3. The van der Waals surface area contributed by atoms with Crippen LogP contribution in [0.4, 0.5) is 5.69 Å². The van der Waals surface area contributed by atoms with Crippen LogP contribution in [0.5, 0.6) is 0 Å². The molecule has 1 amide bonds. The fourth-order valence-electron chi connectivity index (χ4n) is 2.31. The summed E-state index contributed by atoms with van der Waals surface area (Å²) in [4.78, 5) is 28.1. The van der Waals surface area contributed by atoms with Gasteiger partial charge in [0.2, 0.25) is 5.15 Å². The van der Waals surface area contributed by atoms with Crippen molar-refractivity contribution in [2.75, 3.05) is 26.7 Å². The smallest absolute Gasteiger partial charge is 0.319 e. The summed E-state index contributed by atoms with van der Waals surface area (Å²) in [5.41, 5.74) is -0.503. The van der Waals surface area contributed by atoms with Gasteiger partial charge in [-0.2, -0.15) is 0 Å². The lowest BCUT2D eigenvalue weighted by Gasteiger charge is -2.11. The molecule has 1 aliphatic rings. The lowest BCUT2D eigenvalue weighted by atomic mass is 10.1. The van der Waals surface area contributed by atoms with E-state index in [1.807, 2.05) is 7.05 Å². The Kier molecular flexibility index (Phi) is 4.51. The lowest BCUT2D eigenvalue weighted by molar-refractivity contribution is -0.385. The molecule has 0 spiro atoms. The molecule has 2 heterocycles. The predicted octanol–water partition coefficient (Wildman–Crippen LogP) is 1.32. The first-order chi connectivity index (χ1) is 9.49. The van der Waals surface area contributed by atoms with E-state index in [9.17, 15) is 14.9 Å². The number of nitrogens with one attached hydrogen (secondary N) is 1. The molecule has 8 heteroatoms. The number of halogens is 1. The lowest BCUT2D eigenvalue weighted by Crippen LogP contribution is -2.31. The number of hydrogen-bond acceptors (Lipinski definition) is 5. The first kappa shape index (κ1) is 14.7. The average Bonchev–Trinajstić information content (AvgIpc) is 2.81. The Labute approximate surface area is 121 Å². The molecule has 0 aliphatic carbocycles. The van der Waals surface area contributed by atoms with Crippen LogP contribution in [0, 0.1) is 16.0 Å². The van der Waals surface area contributed by atoms with Gasteiger partial charge in [0.25, 0.3) is 5.91 Å².